The highest BCUT2D eigenvalue weighted by Crippen LogP contribution is 2.31. The molecule has 4 nitrogen and oxygen atoms in total. The average Bonchev–Trinajstić information content (AvgIpc) is 2.59. The fourth-order valence-corrected chi connectivity index (χ4v) is 2.04. The SMILES string of the molecule is CC1(C)CCN(c2ccc(C(=N)N)cn2)C1. The number of hydrogen-bond donors (Lipinski definition) is 2. The van der Waals surface area contributed by atoms with E-state index in [0.717, 1.165) is 18.9 Å². The third-order valence-electron chi connectivity index (χ3n) is 3.06. The summed E-state index contributed by atoms with van der Waals surface area (Å²) in [4.78, 5) is 6.63. The number of rotatable bonds is 2. The Morgan fingerprint density at radius 1 is 1.50 bits per heavy atom. The van der Waals surface area contributed by atoms with E-state index in [2.05, 4.69) is 23.7 Å². The number of hydrogen-bond acceptors (Lipinski definition) is 3. The topological polar surface area (TPSA) is 66.0 Å². The highest BCUT2D eigenvalue weighted by molar-refractivity contribution is 5.94. The van der Waals surface area contributed by atoms with Crippen molar-refractivity contribution in [1.82, 2.24) is 4.98 Å². The van der Waals surface area contributed by atoms with Gasteiger partial charge in [-0.1, -0.05) is 13.8 Å². The van der Waals surface area contributed by atoms with E-state index in [4.69, 9.17) is 11.1 Å². The monoisotopic (exact) mass is 218 g/mol. The van der Waals surface area contributed by atoms with E-state index < -0.39 is 0 Å². The van der Waals surface area contributed by atoms with E-state index in [-0.39, 0.29) is 5.84 Å². The molecule has 0 atom stereocenters. The van der Waals surface area contributed by atoms with E-state index in [1.165, 1.54) is 6.42 Å². The van der Waals surface area contributed by atoms with Crippen molar-refractivity contribution >= 4 is 11.7 Å². The Balaban J connectivity index is 2.14. The van der Waals surface area contributed by atoms with E-state index in [9.17, 15) is 0 Å². The number of nitrogens with zero attached hydrogens (tertiary/aromatic N) is 2. The van der Waals surface area contributed by atoms with Crippen molar-refractivity contribution < 1.29 is 0 Å². The summed E-state index contributed by atoms with van der Waals surface area (Å²) in [5.74, 6) is 1.05. The Morgan fingerprint density at radius 2 is 2.25 bits per heavy atom. The maximum absolute atomic E-state index is 7.30. The molecule has 1 aliphatic heterocycles. The van der Waals surface area contributed by atoms with Crippen molar-refractivity contribution in [3.8, 4) is 0 Å². The molecule has 86 valence electrons. The molecule has 0 amide bonds. The first-order valence-electron chi connectivity index (χ1n) is 5.53. The molecule has 16 heavy (non-hydrogen) atoms. The van der Waals surface area contributed by atoms with Gasteiger partial charge in [0.15, 0.2) is 0 Å². The Bertz CT molecular complexity index is 394. The number of nitrogens with two attached hydrogens (primary N) is 1. The summed E-state index contributed by atoms with van der Waals surface area (Å²) in [5.41, 5.74) is 6.45. The summed E-state index contributed by atoms with van der Waals surface area (Å²) < 4.78 is 0. The highest BCUT2D eigenvalue weighted by Gasteiger charge is 2.29. The molecular formula is C12H18N4. The lowest BCUT2D eigenvalue weighted by Gasteiger charge is -2.20. The minimum atomic E-state index is 0.0702. The van der Waals surface area contributed by atoms with Crippen molar-refractivity contribution in [2.75, 3.05) is 18.0 Å². The molecule has 1 aromatic heterocycles. The van der Waals surface area contributed by atoms with Gasteiger partial charge in [-0.3, -0.25) is 5.41 Å². The minimum absolute atomic E-state index is 0.0702. The lowest BCUT2D eigenvalue weighted by molar-refractivity contribution is 0.418. The van der Waals surface area contributed by atoms with Crippen LogP contribution >= 0.6 is 0 Å². The molecule has 1 fully saturated rings. The first-order valence-corrected chi connectivity index (χ1v) is 5.53. The summed E-state index contributed by atoms with van der Waals surface area (Å²) >= 11 is 0. The molecule has 0 unspecified atom stereocenters. The van der Waals surface area contributed by atoms with Gasteiger partial charge in [0.05, 0.1) is 0 Å². The first-order chi connectivity index (χ1) is 7.48. The van der Waals surface area contributed by atoms with E-state index in [0.29, 0.717) is 11.0 Å². The van der Waals surface area contributed by atoms with Gasteiger partial charge in [-0.15, -0.1) is 0 Å². The molecule has 4 heteroatoms. The number of amidine groups is 1. The number of nitrogens with one attached hydrogen (secondary N) is 1. The van der Waals surface area contributed by atoms with Crippen LogP contribution in [0.25, 0.3) is 0 Å². The zero-order valence-electron chi connectivity index (χ0n) is 9.83. The van der Waals surface area contributed by atoms with Gasteiger partial charge in [-0.2, -0.15) is 0 Å². The summed E-state index contributed by atoms with van der Waals surface area (Å²) in [5, 5.41) is 7.30. The molecule has 1 aromatic rings. The van der Waals surface area contributed by atoms with Gasteiger partial charge in [0.2, 0.25) is 0 Å². The Labute approximate surface area is 96.0 Å². The number of pyridine rings is 1. The molecule has 1 aliphatic rings. The predicted molar refractivity (Wildman–Crippen MR) is 65.9 cm³/mol. The van der Waals surface area contributed by atoms with Crippen LogP contribution in [-0.2, 0) is 0 Å². The second-order valence-electron chi connectivity index (χ2n) is 5.15. The number of anilines is 1. The van der Waals surface area contributed by atoms with Crippen molar-refractivity contribution in [1.29, 1.82) is 5.41 Å². The maximum Gasteiger partial charge on any atom is 0.128 e. The molecule has 0 aliphatic carbocycles. The molecule has 0 saturated carbocycles. The normalized spacial score (nSPS) is 18.8. The third kappa shape index (κ3) is 2.15. The predicted octanol–water partition coefficient (Wildman–Crippen LogP) is 1.60. The van der Waals surface area contributed by atoms with Crippen molar-refractivity contribution in [3.05, 3.63) is 23.9 Å². The largest absolute Gasteiger partial charge is 0.384 e. The quantitative estimate of drug-likeness (QED) is 0.585. The van der Waals surface area contributed by atoms with Gasteiger partial charge in [0, 0.05) is 24.8 Å². The fourth-order valence-electron chi connectivity index (χ4n) is 2.04. The molecular weight excluding hydrogens is 200 g/mol. The van der Waals surface area contributed by atoms with E-state index in [1.807, 2.05) is 12.1 Å². The van der Waals surface area contributed by atoms with Gasteiger partial charge >= 0.3 is 0 Å². The van der Waals surface area contributed by atoms with E-state index in [1.54, 1.807) is 6.20 Å². The van der Waals surface area contributed by atoms with Gasteiger partial charge < -0.3 is 10.6 Å². The standard InChI is InChI=1S/C12H18N4/c1-12(2)5-6-16(8-12)10-4-3-9(7-15-10)11(13)14/h3-4,7H,5-6,8H2,1-2H3,(H3,13,14). The zero-order valence-corrected chi connectivity index (χ0v) is 9.83. The first kappa shape index (κ1) is 10.9. The Hall–Kier alpha value is -1.58. The van der Waals surface area contributed by atoms with Gasteiger partial charge in [0.1, 0.15) is 11.7 Å². The Kier molecular flexibility index (Phi) is 2.58. The van der Waals surface area contributed by atoms with Crippen LogP contribution in [0.4, 0.5) is 5.82 Å². The van der Waals surface area contributed by atoms with Gasteiger partial charge in [-0.25, -0.2) is 4.98 Å². The van der Waals surface area contributed by atoms with E-state index >= 15 is 0 Å². The summed E-state index contributed by atoms with van der Waals surface area (Å²) in [6.45, 7) is 6.65. The third-order valence-corrected chi connectivity index (χ3v) is 3.06. The van der Waals surface area contributed by atoms with Crippen LogP contribution < -0.4 is 10.6 Å². The zero-order chi connectivity index (χ0) is 11.8. The van der Waals surface area contributed by atoms with Crippen LogP contribution in [0.15, 0.2) is 18.3 Å². The highest BCUT2D eigenvalue weighted by atomic mass is 15.2. The molecule has 0 bridgehead atoms. The van der Waals surface area contributed by atoms with Crippen LogP contribution in [-0.4, -0.2) is 23.9 Å². The number of aromatic nitrogens is 1. The summed E-state index contributed by atoms with van der Waals surface area (Å²) in [7, 11) is 0. The average molecular weight is 218 g/mol. The van der Waals surface area contributed by atoms with Crippen LogP contribution in [0.2, 0.25) is 0 Å². The minimum Gasteiger partial charge on any atom is -0.384 e. The lowest BCUT2D eigenvalue weighted by atomic mass is 9.93. The molecule has 1 saturated heterocycles. The maximum atomic E-state index is 7.30. The molecule has 2 heterocycles. The molecule has 2 rings (SSSR count). The van der Waals surface area contributed by atoms with Crippen molar-refractivity contribution in [2.24, 2.45) is 11.1 Å². The van der Waals surface area contributed by atoms with Crippen LogP contribution in [0, 0.1) is 10.8 Å². The van der Waals surface area contributed by atoms with Crippen molar-refractivity contribution in [2.45, 2.75) is 20.3 Å². The summed E-state index contributed by atoms with van der Waals surface area (Å²) in [6, 6.07) is 3.80. The Morgan fingerprint density at radius 3 is 2.69 bits per heavy atom. The lowest BCUT2D eigenvalue weighted by Crippen LogP contribution is -2.23. The van der Waals surface area contributed by atoms with Crippen LogP contribution in [0.3, 0.4) is 0 Å². The van der Waals surface area contributed by atoms with Gasteiger partial charge in [0.25, 0.3) is 0 Å². The summed E-state index contributed by atoms with van der Waals surface area (Å²) in [6.07, 6.45) is 2.87. The fraction of sp³-hybridized carbons (Fsp3) is 0.500. The molecule has 0 aromatic carbocycles. The molecule has 0 radical (unpaired) electrons. The van der Waals surface area contributed by atoms with Crippen LogP contribution in [0.5, 0.6) is 0 Å². The molecule has 0 spiro atoms. The molecule has 3 N–H and O–H groups in total. The number of nitrogen functional groups attached to an aromatic ring is 1. The second-order valence-corrected chi connectivity index (χ2v) is 5.15. The van der Waals surface area contributed by atoms with Crippen LogP contribution in [0.1, 0.15) is 25.8 Å². The smallest absolute Gasteiger partial charge is 0.128 e. The van der Waals surface area contributed by atoms with Crippen molar-refractivity contribution in [3.63, 3.8) is 0 Å². The van der Waals surface area contributed by atoms with Gasteiger partial charge in [-0.05, 0) is 24.0 Å². The second kappa shape index (κ2) is 3.77.